The maximum atomic E-state index is 13.7. The number of aryl methyl sites for hydroxylation is 1. The van der Waals surface area contributed by atoms with Crippen LogP contribution in [-0.2, 0) is 4.79 Å². The number of ketones is 1. The third kappa shape index (κ3) is 3.82. The monoisotopic (exact) mass is 482 g/mol. The standard InChI is InChI=1S/C29H23ClN2O3/c1-16-6-8-17(9-7-16)18-12-24-27(25(33)13-18)28(32-23-5-3-2-4-22(23)31-24)21-15-35-26-11-10-19(30)14-20(26)29(21)34/h2-11,14-15,18,28,31-32H,12-13H2,1H3/t18-,28-/m0/s1. The van der Waals surface area contributed by atoms with Crippen LogP contribution in [0.15, 0.2) is 93.5 Å². The molecule has 6 heteroatoms. The molecule has 5 nitrogen and oxygen atoms in total. The number of rotatable bonds is 2. The number of allylic oxidation sites excluding steroid dienone is 1. The molecule has 2 heterocycles. The molecule has 0 unspecified atom stereocenters. The van der Waals surface area contributed by atoms with Gasteiger partial charge in [0.25, 0.3) is 0 Å². The summed E-state index contributed by atoms with van der Waals surface area (Å²) >= 11 is 6.17. The molecule has 2 N–H and O–H groups in total. The summed E-state index contributed by atoms with van der Waals surface area (Å²) in [6, 6.07) is 20.5. The molecule has 0 saturated heterocycles. The molecule has 1 aromatic heterocycles. The zero-order chi connectivity index (χ0) is 24.1. The van der Waals surface area contributed by atoms with Crippen LogP contribution >= 0.6 is 11.6 Å². The fourth-order valence-electron chi connectivity index (χ4n) is 5.12. The average Bonchev–Trinajstić information content (AvgIpc) is 3.02. The molecule has 0 amide bonds. The van der Waals surface area contributed by atoms with E-state index in [9.17, 15) is 9.59 Å². The Balaban J connectivity index is 1.51. The minimum Gasteiger partial charge on any atom is -0.464 e. The van der Waals surface area contributed by atoms with Gasteiger partial charge in [0.2, 0.25) is 0 Å². The lowest BCUT2D eigenvalue weighted by molar-refractivity contribution is -0.116. The molecule has 0 radical (unpaired) electrons. The van der Waals surface area contributed by atoms with Crippen molar-refractivity contribution in [1.82, 2.24) is 0 Å². The van der Waals surface area contributed by atoms with E-state index in [1.54, 1.807) is 18.2 Å². The van der Waals surface area contributed by atoms with Gasteiger partial charge in [0, 0.05) is 22.7 Å². The van der Waals surface area contributed by atoms with E-state index < -0.39 is 6.04 Å². The van der Waals surface area contributed by atoms with Gasteiger partial charge in [0.05, 0.1) is 28.4 Å². The number of halogens is 1. The van der Waals surface area contributed by atoms with E-state index in [0.717, 1.165) is 22.6 Å². The number of nitrogens with one attached hydrogen (secondary N) is 2. The van der Waals surface area contributed by atoms with E-state index in [4.69, 9.17) is 16.0 Å². The highest BCUT2D eigenvalue weighted by Gasteiger charge is 2.37. The van der Waals surface area contributed by atoms with Crippen molar-refractivity contribution in [3.8, 4) is 0 Å². The number of hydrogen-bond donors (Lipinski definition) is 2. The van der Waals surface area contributed by atoms with E-state index in [0.29, 0.717) is 40.0 Å². The van der Waals surface area contributed by atoms with Gasteiger partial charge < -0.3 is 15.1 Å². The summed E-state index contributed by atoms with van der Waals surface area (Å²) in [5, 5.41) is 7.81. The van der Waals surface area contributed by atoms with Gasteiger partial charge in [-0.05, 0) is 55.2 Å². The molecule has 1 aliphatic carbocycles. The molecule has 4 aromatic rings. The highest BCUT2D eigenvalue weighted by atomic mass is 35.5. The molecule has 2 atom stereocenters. The summed E-state index contributed by atoms with van der Waals surface area (Å²) in [7, 11) is 0. The fraction of sp³-hybridized carbons (Fsp3) is 0.172. The van der Waals surface area contributed by atoms with Gasteiger partial charge in [-0.3, -0.25) is 9.59 Å². The van der Waals surface area contributed by atoms with Gasteiger partial charge in [0.1, 0.15) is 11.8 Å². The largest absolute Gasteiger partial charge is 0.464 e. The summed E-state index contributed by atoms with van der Waals surface area (Å²) < 4.78 is 5.82. The van der Waals surface area contributed by atoms with Gasteiger partial charge in [-0.15, -0.1) is 0 Å². The minimum atomic E-state index is -0.646. The Hall–Kier alpha value is -3.83. The molecular formula is C29H23ClN2O3. The molecule has 0 fully saturated rings. The van der Waals surface area contributed by atoms with Crippen LogP contribution < -0.4 is 16.1 Å². The molecule has 0 saturated carbocycles. The predicted molar refractivity (Wildman–Crippen MR) is 139 cm³/mol. The van der Waals surface area contributed by atoms with Crippen LogP contribution in [0.25, 0.3) is 11.0 Å². The first-order valence-corrected chi connectivity index (χ1v) is 12.0. The Labute approximate surface area is 207 Å². The van der Waals surface area contributed by atoms with Crippen molar-refractivity contribution in [2.24, 2.45) is 0 Å². The van der Waals surface area contributed by atoms with Crippen molar-refractivity contribution in [2.45, 2.75) is 31.7 Å². The number of hydrogen-bond acceptors (Lipinski definition) is 5. The first-order valence-electron chi connectivity index (χ1n) is 11.6. The molecule has 1 aliphatic heterocycles. The Morgan fingerprint density at radius 2 is 1.71 bits per heavy atom. The van der Waals surface area contributed by atoms with Crippen molar-refractivity contribution in [2.75, 3.05) is 10.6 Å². The molecular weight excluding hydrogens is 460 g/mol. The predicted octanol–water partition coefficient (Wildman–Crippen LogP) is 6.73. The van der Waals surface area contributed by atoms with Gasteiger partial charge >= 0.3 is 0 Å². The van der Waals surface area contributed by atoms with Crippen molar-refractivity contribution in [1.29, 1.82) is 0 Å². The van der Waals surface area contributed by atoms with E-state index >= 15 is 0 Å². The quantitative estimate of drug-likeness (QED) is 0.331. The summed E-state index contributed by atoms with van der Waals surface area (Å²) in [4.78, 5) is 27.3. The average molecular weight is 483 g/mol. The van der Waals surface area contributed by atoms with Crippen LogP contribution in [0.5, 0.6) is 0 Å². The zero-order valence-corrected chi connectivity index (χ0v) is 19.9. The molecule has 35 heavy (non-hydrogen) atoms. The summed E-state index contributed by atoms with van der Waals surface area (Å²) in [5.74, 6) is 0.0762. The number of carbonyl (C=O) groups is 1. The van der Waals surface area contributed by atoms with Crippen LogP contribution in [0.2, 0.25) is 5.02 Å². The third-order valence-corrected chi connectivity index (χ3v) is 7.17. The van der Waals surface area contributed by atoms with Crippen LogP contribution in [0.3, 0.4) is 0 Å². The van der Waals surface area contributed by atoms with Crippen LogP contribution in [0.1, 0.15) is 41.5 Å². The Morgan fingerprint density at radius 3 is 2.51 bits per heavy atom. The lowest BCUT2D eigenvalue weighted by Crippen LogP contribution is -2.29. The number of para-hydroxylation sites is 2. The van der Waals surface area contributed by atoms with Gasteiger partial charge in [0.15, 0.2) is 11.2 Å². The first-order chi connectivity index (χ1) is 17.0. The normalized spacial score (nSPS) is 19.4. The minimum absolute atomic E-state index is 0.0141. The second-order valence-corrected chi connectivity index (χ2v) is 9.68. The summed E-state index contributed by atoms with van der Waals surface area (Å²) in [6.07, 6.45) is 2.51. The smallest absolute Gasteiger partial charge is 0.198 e. The van der Waals surface area contributed by atoms with Gasteiger partial charge in [-0.1, -0.05) is 53.6 Å². The summed E-state index contributed by atoms with van der Waals surface area (Å²) in [5.41, 5.74) is 6.06. The molecule has 174 valence electrons. The number of carbonyl (C=O) groups excluding carboxylic acids is 1. The lowest BCUT2D eigenvalue weighted by Gasteiger charge is -2.29. The fourth-order valence-corrected chi connectivity index (χ4v) is 5.29. The van der Waals surface area contributed by atoms with Crippen LogP contribution in [0, 0.1) is 6.92 Å². The highest BCUT2D eigenvalue weighted by molar-refractivity contribution is 6.31. The van der Waals surface area contributed by atoms with Crippen molar-refractivity contribution in [3.63, 3.8) is 0 Å². The second kappa shape index (κ2) is 8.43. The first kappa shape index (κ1) is 21.7. The number of Topliss-reactive ketones (excluding diaryl/α,β-unsaturated/α-hetero) is 1. The maximum Gasteiger partial charge on any atom is 0.198 e. The SMILES string of the molecule is Cc1ccc([C@@H]2CC(=O)C3=C(C2)Nc2ccccc2N[C@H]3c2coc3ccc(Cl)cc3c2=O)cc1. The third-order valence-electron chi connectivity index (χ3n) is 6.93. The van der Waals surface area contributed by atoms with E-state index in [2.05, 4.69) is 41.8 Å². The van der Waals surface area contributed by atoms with E-state index in [-0.39, 0.29) is 17.1 Å². The van der Waals surface area contributed by atoms with Crippen LogP contribution in [0.4, 0.5) is 11.4 Å². The molecule has 2 aliphatic rings. The number of fused-ring (bicyclic) bond motifs is 2. The lowest BCUT2D eigenvalue weighted by atomic mass is 9.78. The highest BCUT2D eigenvalue weighted by Crippen LogP contribution is 2.44. The van der Waals surface area contributed by atoms with E-state index in [1.807, 2.05) is 24.3 Å². The zero-order valence-electron chi connectivity index (χ0n) is 19.1. The molecule has 3 aromatic carbocycles. The number of benzene rings is 3. The number of anilines is 2. The Bertz CT molecular complexity index is 1570. The maximum absolute atomic E-state index is 13.7. The van der Waals surface area contributed by atoms with E-state index in [1.165, 1.54) is 11.8 Å². The van der Waals surface area contributed by atoms with Gasteiger partial charge in [-0.25, -0.2) is 0 Å². The Kier molecular flexibility index (Phi) is 5.23. The van der Waals surface area contributed by atoms with Gasteiger partial charge in [-0.2, -0.15) is 0 Å². The van der Waals surface area contributed by atoms with Crippen molar-refractivity contribution in [3.05, 3.63) is 116 Å². The summed E-state index contributed by atoms with van der Waals surface area (Å²) in [6.45, 7) is 2.05. The Morgan fingerprint density at radius 1 is 0.943 bits per heavy atom. The molecule has 6 rings (SSSR count). The molecule has 0 spiro atoms. The van der Waals surface area contributed by atoms with Crippen LogP contribution in [-0.4, -0.2) is 5.78 Å². The second-order valence-electron chi connectivity index (χ2n) is 9.24. The molecule has 0 bridgehead atoms. The topological polar surface area (TPSA) is 71.3 Å². The van der Waals surface area contributed by atoms with Crippen molar-refractivity contribution >= 4 is 39.7 Å². The van der Waals surface area contributed by atoms with Crippen molar-refractivity contribution < 1.29 is 9.21 Å².